The van der Waals surface area contributed by atoms with E-state index in [0.29, 0.717) is 13.0 Å². The smallest absolute Gasteiger partial charge is 0.317 e. The zero-order valence-electron chi connectivity index (χ0n) is 15.5. The van der Waals surface area contributed by atoms with Crippen LogP contribution in [0.15, 0.2) is 48.5 Å². The number of amides is 2. The normalized spacial score (nSPS) is 23.4. The molecule has 4 rings (SSSR count). The minimum atomic E-state index is -2.97. The van der Waals surface area contributed by atoms with Crippen molar-refractivity contribution in [1.29, 1.82) is 0 Å². The van der Waals surface area contributed by atoms with Crippen molar-refractivity contribution in [2.75, 3.05) is 26.7 Å². The summed E-state index contributed by atoms with van der Waals surface area (Å²) >= 11 is 0. The van der Waals surface area contributed by atoms with Crippen molar-refractivity contribution in [3.05, 3.63) is 71.0 Å². The van der Waals surface area contributed by atoms with Gasteiger partial charge < -0.3 is 15.1 Å². The average Bonchev–Trinajstić information content (AvgIpc) is 3.05. The molecule has 0 aromatic heterocycles. The molecule has 4 nitrogen and oxygen atoms in total. The zero-order chi connectivity index (χ0) is 19.9. The summed E-state index contributed by atoms with van der Waals surface area (Å²) < 4.78 is 41.8. The fourth-order valence-corrected chi connectivity index (χ4v) is 4.18. The average molecular weight is 389 g/mol. The maximum absolute atomic E-state index is 14.2. The number of halogens is 3. The molecule has 7 heteroatoms. The van der Waals surface area contributed by atoms with Crippen molar-refractivity contribution in [1.82, 2.24) is 15.1 Å². The summed E-state index contributed by atoms with van der Waals surface area (Å²) in [6.45, 7) is 0.0361. The Balaban J connectivity index is 1.70. The maximum atomic E-state index is 14.2. The van der Waals surface area contributed by atoms with Crippen LogP contribution in [0.3, 0.4) is 0 Å². The van der Waals surface area contributed by atoms with E-state index in [9.17, 15) is 18.0 Å². The molecule has 2 amide bonds. The molecule has 148 valence electrons. The summed E-state index contributed by atoms with van der Waals surface area (Å²) in [6, 6.07) is 11.7. The number of likely N-dealkylation sites (N-methyl/N-ethyl adjacent to an activating group) is 1. The summed E-state index contributed by atoms with van der Waals surface area (Å²) in [6.07, 6.45) is 0.646. The number of hydrogen-bond acceptors (Lipinski definition) is 2. The van der Waals surface area contributed by atoms with Crippen LogP contribution in [0.1, 0.15) is 22.7 Å². The molecule has 0 bridgehead atoms. The highest BCUT2D eigenvalue weighted by atomic mass is 19.3. The standard InChI is InChI=1S/C21H22F3N3O/c1-26(18-12-25-13-21(18,23)24)20(28)27-11-10-14-4-2-3-5-17(14)19(27)15-6-8-16(22)9-7-15/h2-9,18-19,25H,10-13H2,1H3/t18?,19-/m0/s1. The highest BCUT2D eigenvalue weighted by Crippen LogP contribution is 2.37. The van der Waals surface area contributed by atoms with Crippen LogP contribution in [-0.4, -0.2) is 54.5 Å². The molecule has 2 aliphatic heterocycles. The second kappa shape index (κ2) is 7.13. The van der Waals surface area contributed by atoms with E-state index in [1.807, 2.05) is 24.3 Å². The van der Waals surface area contributed by atoms with Gasteiger partial charge in [-0.3, -0.25) is 0 Å². The third-order valence-electron chi connectivity index (χ3n) is 5.67. The lowest BCUT2D eigenvalue weighted by molar-refractivity contribution is -0.0344. The first kappa shape index (κ1) is 18.8. The van der Waals surface area contributed by atoms with Gasteiger partial charge in [0.2, 0.25) is 0 Å². The Bertz CT molecular complexity index is 871. The highest BCUT2D eigenvalue weighted by Gasteiger charge is 2.49. The largest absolute Gasteiger partial charge is 0.321 e. The van der Waals surface area contributed by atoms with E-state index in [2.05, 4.69) is 5.32 Å². The Morgan fingerprint density at radius 2 is 1.89 bits per heavy atom. The zero-order valence-corrected chi connectivity index (χ0v) is 15.5. The van der Waals surface area contributed by atoms with E-state index in [4.69, 9.17) is 0 Å². The minimum Gasteiger partial charge on any atom is -0.317 e. The van der Waals surface area contributed by atoms with Gasteiger partial charge in [-0.1, -0.05) is 36.4 Å². The van der Waals surface area contributed by atoms with Gasteiger partial charge >= 0.3 is 6.03 Å². The van der Waals surface area contributed by atoms with Gasteiger partial charge in [0.15, 0.2) is 0 Å². The van der Waals surface area contributed by atoms with Crippen molar-refractivity contribution in [2.45, 2.75) is 24.4 Å². The van der Waals surface area contributed by atoms with Crippen molar-refractivity contribution >= 4 is 6.03 Å². The molecule has 2 atom stereocenters. The van der Waals surface area contributed by atoms with Crippen LogP contribution in [0.2, 0.25) is 0 Å². The van der Waals surface area contributed by atoms with Crippen molar-refractivity contribution < 1.29 is 18.0 Å². The first-order chi connectivity index (χ1) is 13.4. The number of urea groups is 1. The number of nitrogens with one attached hydrogen (secondary N) is 1. The van der Waals surface area contributed by atoms with E-state index in [1.54, 1.807) is 17.0 Å². The van der Waals surface area contributed by atoms with Gasteiger partial charge in [-0.2, -0.15) is 0 Å². The Kier molecular flexibility index (Phi) is 4.79. The fourth-order valence-electron chi connectivity index (χ4n) is 4.18. The Morgan fingerprint density at radius 3 is 2.57 bits per heavy atom. The Morgan fingerprint density at radius 1 is 1.18 bits per heavy atom. The molecule has 0 radical (unpaired) electrons. The first-order valence-corrected chi connectivity index (χ1v) is 9.34. The molecular weight excluding hydrogens is 367 g/mol. The van der Waals surface area contributed by atoms with Crippen molar-refractivity contribution in [3.63, 3.8) is 0 Å². The van der Waals surface area contributed by atoms with Crippen LogP contribution >= 0.6 is 0 Å². The molecule has 1 unspecified atom stereocenters. The molecule has 2 aromatic carbocycles. The summed E-state index contributed by atoms with van der Waals surface area (Å²) in [7, 11) is 1.43. The quantitative estimate of drug-likeness (QED) is 0.854. The fraction of sp³-hybridized carbons (Fsp3) is 0.381. The summed E-state index contributed by atoms with van der Waals surface area (Å²) in [5, 5.41) is 2.66. The molecule has 28 heavy (non-hydrogen) atoms. The van der Waals surface area contributed by atoms with Crippen molar-refractivity contribution in [2.24, 2.45) is 0 Å². The van der Waals surface area contributed by atoms with Crippen LogP contribution in [-0.2, 0) is 6.42 Å². The Labute approximate surface area is 161 Å². The van der Waals surface area contributed by atoms with Gasteiger partial charge in [0, 0.05) is 20.1 Å². The van der Waals surface area contributed by atoms with Gasteiger partial charge in [0.05, 0.1) is 12.6 Å². The molecule has 0 aliphatic carbocycles. The van der Waals surface area contributed by atoms with Crippen LogP contribution in [0.5, 0.6) is 0 Å². The predicted molar refractivity (Wildman–Crippen MR) is 99.9 cm³/mol. The van der Waals surface area contributed by atoms with E-state index < -0.39 is 30.6 Å². The topological polar surface area (TPSA) is 35.6 Å². The second-order valence-corrected chi connectivity index (χ2v) is 7.40. The third-order valence-corrected chi connectivity index (χ3v) is 5.67. The van der Waals surface area contributed by atoms with Crippen LogP contribution < -0.4 is 5.32 Å². The van der Waals surface area contributed by atoms with Gasteiger partial charge in [-0.25, -0.2) is 18.0 Å². The minimum absolute atomic E-state index is 0.0564. The number of carbonyl (C=O) groups excluding carboxylic acids is 1. The molecule has 1 saturated heterocycles. The maximum Gasteiger partial charge on any atom is 0.321 e. The van der Waals surface area contributed by atoms with Gasteiger partial charge in [-0.15, -0.1) is 0 Å². The number of fused-ring (bicyclic) bond motifs is 1. The van der Waals surface area contributed by atoms with E-state index in [1.165, 1.54) is 19.2 Å². The SMILES string of the molecule is CN(C(=O)N1CCc2ccccc2[C@@H]1c1ccc(F)cc1)C1CNCC1(F)F. The monoisotopic (exact) mass is 389 g/mol. The van der Waals surface area contributed by atoms with Crippen LogP contribution in [0, 0.1) is 5.82 Å². The lowest BCUT2D eigenvalue weighted by Crippen LogP contribution is -2.54. The Hall–Kier alpha value is -2.54. The molecule has 1 N–H and O–H groups in total. The molecule has 0 saturated carbocycles. The molecular formula is C21H22F3N3O. The summed E-state index contributed by atoms with van der Waals surface area (Å²) in [5.74, 6) is -3.33. The first-order valence-electron chi connectivity index (χ1n) is 9.34. The molecule has 1 fully saturated rings. The lowest BCUT2D eigenvalue weighted by Gasteiger charge is -2.41. The third kappa shape index (κ3) is 3.24. The van der Waals surface area contributed by atoms with Crippen LogP contribution in [0.25, 0.3) is 0 Å². The molecule has 0 spiro atoms. The summed E-state index contributed by atoms with van der Waals surface area (Å²) in [4.78, 5) is 16.0. The van der Waals surface area contributed by atoms with E-state index in [-0.39, 0.29) is 12.4 Å². The van der Waals surface area contributed by atoms with E-state index in [0.717, 1.165) is 21.6 Å². The number of hydrogen-bond donors (Lipinski definition) is 1. The summed E-state index contributed by atoms with van der Waals surface area (Å²) in [5.41, 5.74) is 2.81. The predicted octanol–water partition coefficient (Wildman–Crippen LogP) is 3.43. The van der Waals surface area contributed by atoms with Gasteiger partial charge in [-0.05, 0) is 35.2 Å². The van der Waals surface area contributed by atoms with Crippen LogP contribution in [0.4, 0.5) is 18.0 Å². The second-order valence-electron chi connectivity index (χ2n) is 7.40. The molecule has 2 heterocycles. The number of rotatable bonds is 2. The van der Waals surface area contributed by atoms with Gasteiger partial charge in [0.1, 0.15) is 11.9 Å². The number of alkyl halides is 2. The molecule has 2 aromatic rings. The highest BCUT2D eigenvalue weighted by molar-refractivity contribution is 5.76. The van der Waals surface area contributed by atoms with Crippen molar-refractivity contribution in [3.8, 4) is 0 Å². The number of carbonyl (C=O) groups is 1. The lowest BCUT2D eigenvalue weighted by atomic mass is 9.88. The van der Waals surface area contributed by atoms with Gasteiger partial charge in [0.25, 0.3) is 5.92 Å². The number of nitrogens with zero attached hydrogens (tertiary/aromatic N) is 2. The molecule has 2 aliphatic rings. The number of benzene rings is 2. The van der Waals surface area contributed by atoms with E-state index >= 15 is 0 Å².